The number of fused-ring (bicyclic) bond motifs is 1. The lowest BCUT2D eigenvalue weighted by Crippen LogP contribution is -2.05. The van der Waals surface area contributed by atoms with Crippen LogP contribution in [-0.4, -0.2) is 20.8 Å². The number of benzene rings is 1. The molecule has 7 nitrogen and oxygen atoms in total. The third-order valence-corrected chi connectivity index (χ3v) is 2.42. The summed E-state index contributed by atoms with van der Waals surface area (Å²) in [5.74, 6) is 0. The molecule has 0 atom stereocenters. The summed E-state index contributed by atoms with van der Waals surface area (Å²) in [4.78, 5) is 17.5. The van der Waals surface area contributed by atoms with Crippen LogP contribution in [0.25, 0.3) is 21.5 Å². The van der Waals surface area contributed by atoms with E-state index >= 15 is 0 Å². The second-order valence-electron chi connectivity index (χ2n) is 3.22. The molecule has 0 aliphatic rings. The second-order valence-corrected chi connectivity index (χ2v) is 3.66. The topological polar surface area (TPSA) is 104 Å². The average Bonchev–Trinajstić information content (AvgIpc) is 2.69. The second kappa shape index (κ2) is 4.32. The fraction of sp³-hybridized carbons (Fsp3) is 0.111. The fourth-order valence-electron chi connectivity index (χ4n) is 1.53. The number of imidazole rings is 1. The summed E-state index contributed by atoms with van der Waals surface area (Å²) >= 11 is 5.87. The van der Waals surface area contributed by atoms with Crippen LogP contribution in [-0.2, 0) is 6.54 Å². The number of carboxylic acid groups (broad SMARTS) is 1. The van der Waals surface area contributed by atoms with E-state index in [1.54, 1.807) is 6.07 Å². The van der Waals surface area contributed by atoms with Crippen LogP contribution in [0.3, 0.4) is 0 Å². The van der Waals surface area contributed by atoms with Gasteiger partial charge in [0.25, 0.3) is 0 Å². The standard InChI is InChI=1S/C9H6ClN5O2/c10-6-1-5(3-13-14-11)8-7(2-6)15(4-12-8)9(16)17/h1-2,4H,3H2,(H,16,17). The molecule has 0 fully saturated rings. The van der Waals surface area contributed by atoms with Crippen molar-refractivity contribution in [1.29, 1.82) is 0 Å². The molecule has 0 radical (unpaired) electrons. The van der Waals surface area contributed by atoms with E-state index in [0.717, 1.165) is 4.57 Å². The maximum absolute atomic E-state index is 10.9. The van der Waals surface area contributed by atoms with Crippen molar-refractivity contribution < 1.29 is 9.90 Å². The minimum Gasteiger partial charge on any atom is -0.464 e. The third kappa shape index (κ3) is 2.01. The van der Waals surface area contributed by atoms with Crippen LogP contribution in [0.5, 0.6) is 0 Å². The quantitative estimate of drug-likeness (QED) is 0.504. The molecule has 0 aliphatic heterocycles. The summed E-state index contributed by atoms with van der Waals surface area (Å²) in [7, 11) is 0. The van der Waals surface area contributed by atoms with E-state index in [-0.39, 0.29) is 6.54 Å². The molecule has 1 aromatic heterocycles. The Morgan fingerprint density at radius 3 is 3.06 bits per heavy atom. The number of hydrogen-bond acceptors (Lipinski definition) is 3. The molecule has 0 aliphatic carbocycles. The van der Waals surface area contributed by atoms with Crippen LogP contribution in [0.2, 0.25) is 5.02 Å². The van der Waals surface area contributed by atoms with E-state index in [1.165, 1.54) is 12.4 Å². The Bertz CT molecular complexity index is 644. The molecule has 1 N–H and O–H groups in total. The molecular weight excluding hydrogens is 246 g/mol. The van der Waals surface area contributed by atoms with Gasteiger partial charge >= 0.3 is 6.09 Å². The minimum atomic E-state index is -1.15. The highest BCUT2D eigenvalue weighted by atomic mass is 35.5. The molecule has 0 unspecified atom stereocenters. The highest BCUT2D eigenvalue weighted by Gasteiger charge is 2.12. The largest absolute Gasteiger partial charge is 0.464 e. The monoisotopic (exact) mass is 251 g/mol. The van der Waals surface area contributed by atoms with Gasteiger partial charge in [0.2, 0.25) is 0 Å². The Morgan fingerprint density at radius 1 is 1.65 bits per heavy atom. The lowest BCUT2D eigenvalue weighted by molar-refractivity contribution is 0.197. The zero-order valence-corrected chi connectivity index (χ0v) is 9.16. The van der Waals surface area contributed by atoms with E-state index in [2.05, 4.69) is 15.0 Å². The molecule has 2 rings (SSSR count). The first-order valence-corrected chi connectivity index (χ1v) is 4.91. The smallest absolute Gasteiger partial charge is 0.417 e. The van der Waals surface area contributed by atoms with Gasteiger partial charge in [0.1, 0.15) is 6.33 Å². The Labute approximate surface area is 99.9 Å². The first-order chi connectivity index (χ1) is 8.13. The van der Waals surface area contributed by atoms with Crippen molar-refractivity contribution >= 4 is 28.7 Å². The van der Waals surface area contributed by atoms with E-state index in [4.69, 9.17) is 22.2 Å². The average molecular weight is 252 g/mol. The predicted molar refractivity (Wildman–Crippen MR) is 61.0 cm³/mol. The van der Waals surface area contributed by atoms with Crippen LogP contribution < -0.4 is 0 Å². The van der Waals surface area contributed by atoms with Gasteiger partial charge in [-0.3, -0.25) is 0 Å². The van der Waals surface area contributed by atoms with Crippen molar-refractivity contribution in [3.8, 4) is 0 Å². The summed E-state index contributed by atoms with van der Waals surface area (Å²) in [5.41, 5.74) is 9.69. The zero-order chi connectivity index (χ0) is 12.4. The minimum absolute atomic E-state index is 0.0736. The van der Waals surface area contributed by atoms with Gasteiger partial charge in [0.05, 0.1) is 17.6 Å². The maximum atomic E-state index is 10.9. The summed E-state index contributed by atoms with van der Waals surface area (Å²) in [5, 5.41) is 12.7. The summed E-state index contributed by atoms with van der Waals surface area (Å²) < 4.78 is 0.959. The van der Waals surface area contributed by atoms with E-state index in [1.807, 2.05) is 0 Å². The number of azide groups is 1. The number of halogens is 1. The van der Waals surface area contributed by atoms with Crippen molar-refractivity contribution in [3.05, 3.63) is 39.5 Å². The van der Waals surface area contributed by atoms with Crippen LogP contribution >= 0.6 is 11.6 Å². The molecule has 0 saturated heterocycles. The lowest BCUT2D eigenvalue weighted by Gasteiger charge is -2.01. The van der Waals surface area contributed by atoms with Gasteiger partial charge in [-0.1, -0.05) is 16.7 Å². The van der Waals surface area contributed by atoms with E-state index < -0.39 is 6.09 Å². The molecule has 0 saturated carbocycles. The highest BCUT2D eigenvalue weighted by molar-refractivity contribution is 6.31. The summed E-state index contributed by atoms with van der Waals surface area (Å²) in [6, 6.07) is 3.09. The van der Waals surface area contributed by atoms with Crippen LogP contribution in [0.1, 0.15) is 5.56 Å². The maximum Gasteiger partial charge on any atom is 0.417 e. The molecule has 8 heteroatoms. The normalized spacial score (nSPS) is 10.2. The number of hydrogen-bond donors (Lipinski definition) is 1. The Morgan fingerprint density at radius 2 is 2.41 bits per heavy atom. The Hall–Kier alpha value is -2.24. The molecule has 0 amide bonds. The molecule has 0 bridgehead atoms. The van der Waals surface area contributed by atoms with Crippen molar-refractivity contribution in [2.45, 2.75) is 6.54 Å². The summed E-state index contributed by atoms with van der Waals surface area (Å²) in [6.45, 7) is 0.0736. The molecule has 86 valence electrons. The van der Waals surface area contributed by atoms with Gasteiger partial charge in [-0.05, 0) is 23.2 Å². The fourth-order valence-corrected chi connectivity index (χ4v) is 1.77. The van der Waals surface area contributed by atoms with Crippen molar-refractivity contribution in [3.63, 3.8) is 0 Å². The van der Waals surface area contributed by atoms with Crippen molar-refractivity contribution in [2.24, 2.45) is 5.11 Å². The molecule has 1 aromatic carbocycles. The van der Waals surface area contributed by atoms with Crippen LogP contribution in [0.4, 0.5) is 4.79 Å². The highest BCUT2D eigenvalue weighted by Crippen LogP contribution is 2.23. The van der Waals surface area contributed by atoms with Gasteiger partial charge in [-0.2, -0.15) is 0 Å². The molecular formula is C9H6ClN5O2. The molecule has 0 spiro atoms. The van der Waals surface area contributed by atoms with Crippen LogP contribution in [0.15, 0.2) is 23.6 Å². The number of aromatic nitrogens is 2. The van der Waals surface area contributed by atoms with Gasteiger partial charge < -0.3 is 5.11 Å². The Kier molecular flexibility index (Phi) is 2.86. The van der Waals surface area contributed by atoms with Gasteiger partial charge in [0.15, 0.2) is 0 Å². The van der Waals surface area contributed by atoms with Crippen molar-refractivity contribution in [1.82, 2.24) is 9.55 Å². The Balaban J connectivity index is 2.69. The first-order valence-electron chi connectivity index (χ1n) is 4.53. The third-order valence-electron chi connectivity index (χ3n) is 2.21. The van der Waals surface area contributed by atoms with E-state index in [9.17, 15) is 4.79 Å². The van der Waals surface area contributed by atoms with Gasteiger partial charge in [-0.25, -0.2) is 14.3 Å². The van der Waals surface area contributed by atoms with Gasteiger partial charge in [-0.15, -0.1) is 0 Å². The summed E-state index contributed by atoms with van der Waals surface area (Å²) in [6.07, 6.45) is 0.0348. The molecule has 1 heterocycles. The van der Waals surface area contributed by atoms with Crippen molar-refractivity contribution in [2.75, 3.05) is 0 Å². The SMILES string of the molecule is [N-]=[N+]=NCc1cc(Cl)cc2c1ncn2C(=O)O. The molecule has 2 aromatic rings. The van der Waals surface area contributed by atoms with Crippen LogP contribution in [0, 0.1) is 0 Å². The van der Waals surface area contributed by atoms with E-state index in [0.29, 0.717) is 21.6 Å². The number of rotatable bonds is 2. The molecule has 17 heavy (non-hydrogen) atoms. The van der Waals surface area contributed by atoms with Gasteiger partial charge in [0, 0.05) is 9.93 Å². The lowest BCUT2D eigenvalue weighted by atomic mass is 10.2. The number of nitrogens with zero attached hydrogens (tertiary/aromatic N) is 5. The zero-order valence-electron chi connectivity index (χ0n) is 8.41. The number of carbonyl (C=O) groups is 1. The first kappa shape index (κ1) is 11.3. The predicted octanol–water partition coefficient (Wildman–Crippen LogP) is 3.03.